The molecule has 1 aromatic heterocycles. The molecule has 2 aromatic carbocycles. The van der Waals surface area contributed by atoms with Crippen LogP contribution in [0.4, 0.5) is 4.39 Å². The first kappa shape index (κ1) is 17.6. The fourth-order valence-corrected chi connectivity index (χ4v) is 3.73. The smallest absolute Gasteiger partial charge is 0.192 e. The predicted molar refractivity (Wildman–Crippen MR) is 101 cm³/mol. The molecule has 0 saturated carbocycles. The van der Waals surface area contributed by atoms with Crippen molar-refractivity contribution >= 4 is 11.8 Å². The molecule has 0 fully saturated rings. The van der Waals surface area contributed by atoms with Crippen LogP contribution < -0.4 is 9.47 Å². The summed E-state index contributed by atoms with van der Waals surface area (Å²) in [6.07, 6.45) is 1.46. The highest BCUT2D eigenvalue weighted by atomic mass is 32.2. The van der Waals surface area contributed by atoms with Crippen LogP contribution in [0.1, 0.15) is 17.5 Å². The lowest BCUT2D eigenvalue weighted by Gasteiger charge is -2.26. The Morgan fingerprint density at radius 3 is 2.70 bits per heavy atom. The minimum atomic E-state index is -0.340. The number of aromatic nitrogens is 3. The first-order chi connectivity index (χ1) is 13.2. The van der Waals surface area contributed by atoms with Crippen LogP contribution >= 0.6 is 11.8 Å². The van der Waals surface area contributed by atoms with Crippen LogP contribution in [0.5, 0.6) is 11.5 Å². The molecule has 0 unspecified atom stereocenters. The maximum absolute atomic E-state index is 13.1. The number of fused-ring (bicyclic) bond motifs is 1. The summed E-state index contributed by atoms with van der Waals surface area (Å²) in [4.78, 5) is 0. The highest BCUT2D eigenvalue weighted by Crippen LogP contribution is 2.36. The Morgan fingerprint density at radius 2 is 1.93 bits per heavy atom. The Balaban J connectivity index is 1.54. The molecular weight excluding hydrogens is 365 g/mol. The van der Waals surface area contributed by atoms with Gasteiger partial charge in [-0.1, -0.05) is 42.1 Å². The molecule has 1 atom stereocenters. The summed E-state index contributed by atoms with van der Waals surface area (Å²) in [5.41, 5.74) is 1.02. The first-order valence-electron chi connectivity index (χ1n) is 8.54. The molecule has 0 radical (unpaired) electrons. The number of para-hydroxylation sites is 2. The third-order valence-corrected chi connectivity index (χ3v) is 5.17. The summed E-state index contributed by atoms with van der Waals surface area (Å²) >= 11 is 1.54. The molecule has 3 aromatic rings. The highest BCUT2D eigenvalue weighted by Gasteiger charge is 2.28. The molecular formula is C20H18FN3O2S. The number of benzene rings is 2. The zero-order valence-corrected chi connectivity index (χ0v) is 15.4. The lowest BCUT2D eigenvalue weighted by molar-refractivity contribution is 0.0821. The average molecular weight is 383 g/mol. The number of hydrogen-bond donors (Lipinski definition) is 0. The number of rotatable bonds is 6. The van der Waals surface area contributed by atoms with Crippen LogP contribution in [0.3, 0.4) is 0 Å². The standard InChI is InChI=1S/C20H18FN3O2S/c1-2-11-24-19(18-12-25-16-5-3-4-6-17(16)26-18)22-23-20(24)27-13-14-7-9-15(21)10-8-14/h2-10,18H,1,11-13H2/t18-/m0/s1. The van der Waals surface area contributed by atoms with Crippen molar-refractivity contribution in [3.63, 3.8) is 0 Å². The second kappa shape index (κ2) is 7.84. The minimum Gasteiger partial charge on any atom is -0.485 e. The van der Waals surface area contributed by atoms with Gasteiger partial charge in [0.2, 0.25) is 0 Å². The van der Waals surface area contributed by atoms with Crippen molar-refractivity contribution in [2.75, 3.05) is 6.61 Å². The fourth-order valence-electron chi connectivity index (χ4n) is 2.82. The van der Waals surface area contributed by atoms with Gasteiger partial charge in [0.05, 0.1) is 0 Å². The van der Waals surface area contributed by atoms with E-state index < -0.39 is 0 Å². The number of halogens is 1. The highest BCUT2D eigenvalue weighted by molar-refractivity contribution is 7.98. The molecule has 0 amide bonds. The van der Waals surface area contributed by atoms with E-state index in [2.05, 4.69) is 16.8 Å². The topological polar surface area (TPSA) is 49.2 Å². The van der Waals surface area contributed by atoms with Gasteiger partial charge >= 0.3 is 0 Å². The largest absolute Gasteiger partial charge is 0.485 e. The van der Waals surface area contributed by atoms with E-state index in [4.69, 9.17) is 9.47 Å². The molecule has 4 rings (SSSR count). The molecule has 7 heteroatoms. The zero-order chi connectivity index (χ0) is 18.6. The van der Waals surface area contributed by atoms with Crippen LogP contribution in [0, 0.1) is 5.82 Å². The van der Waals surface area contributed by atoms with Crippen LogP contribution in [0.15, 0.2) is 66.3 Å². The Bertz CT molecular complexity index is 943. The molecule has 0 bridgehead atoms. The van der Waals surface area contributed by atoms with Crippen molar-refractivity contribution in [1.29, 1.82) is 0 Å². The average Bonchev–Trinajstić information content (AvgIpc) is 3.10. The molecule has 0 N–H and O–H groups in total. The van der Waals surface area contributed by atoms with E-state index in [0.717, 1.165) is 16.5 Å². The van der Waals surface area contributed by atoms with E-state index in [1.165, 1.54) is 23.9 Å². The Labute approximate surface area is 160 Å². The van der Waals surface area contributed by atoms with E-state index >= 15 is 0 Å². The quantitative estimate of drug-likeness (QED) is 0.466. The number of hydrogen-bond acceptors (Lipinski definition) is 5. The molecule has 27 heavy (non-hydrogen) atoms. The van der Waals surface area contributed by atoms with Crippen LogP contribution in [-0.4, -0.2) is 21.4 Å². The molecule has 138 valence electrons. The Hall–Kier alpha value is -2.80. The molecule has 0 aliphatic carbocycles. The van der Waals surface area contributed by atoms with E-state index in [9.17, 15) is 4.39 Å². The first-order valence-corrected chi connectivity index (χ1v) is 9.53. The third kappa shape index (κ3) is 3.83. The summed E-state index contributed by atoms with van der Waals surface area (Å²) in [6.45, 7) is 4.76. The van der Waals surface area contributed by atoms with Gasteiger partial charge in [0, 0.05) is 12.3 Å². The van der Waals surface area contributed by atoms with Gasteiger partial charge in [0.15, 0.2) is 28.6 Å². The van der Waals surface area contributed by atoms with Crippen LogP contribution in [0.25, 0.3) is 0 Å². The summed E-state index contributed by atoms with van der Waals surface area (Å²) in [7, 11) is 0. The van der Waals surface area contributed by atoms with Crippen molar-refractivity contribution < 1.29 is 13.9 Å². The van der Waals surface area contributed by atoms with Gasteiger partial charge in [-0.15, -0.1) is 16.8 Å². The molecule has 5 nitrogen and oxygen atoms in total. The number of ether oxygens (including phenoxy) is 2. The van der Waals surface area contributed by atoms with Crippen LogP contribution in [0.2, 0.25) is 0 Å². The van der Waals surface area contributed by atoms with Crippen LogP contribution in [-0.2, 0) is 12.3 Å². The summed E-state index contributed by atoms with van der Waals surface area (Å²) in [5, 5.41) is 9.41. The molecule has 0 saturated heterocycles. The summed E-state index contributed by atoms with van der Waals surface area (Å²) in [6, 6.07) is 14.0. The van der Waals surface area contributed by atoms with Gasteiger partial charge in [-0.2, -0.15) is 0 Å². The van der Waals surface area contributed by atoms with E-state index in [-0.39, 0.29) is 11.9 Å². The Kier molecular flexibility index (Phi) is 5.11. The maximum Gasteiger partial charge on any atom is 0.192 e. The van der Waals surface area contributed by atoms with Gasteiger partial charge in [-0.05, 0) is 29.8 Å². The SMILES string of the molecule is C=CCn1c(SCc2ccc(F)cc2)nnc1[C@@H]1COc2ccccc2O1. The van der Waals surface area contributed by atoms with Crippen molar-refractivity contribution in [3.05, 3.63) is 78.4 Å². The zero-order valence-electron chi connectivity index (χ0n) is 14.5. The predicted octanol–water partition coefficient (Wildman–Crippen LogP) is 4.41. The number of nitrogens with zero attached hydrogens (tertiary/aromatic N) is 3. The van der Waals surface area contributed by atoms with Gasteiger partial charge in [0.25, 0.3) is 0 Å². The molecule has 2 heterocycles. The number of allylic oxidation sites excluding steroid dienone is 1. The van der Waals surface area contributed by atoms with E-state index in [0.29, 0.717) is 30.5 Å². The van der Waals surface area contributed by atoms with Crippen molar-refractivity contribution in [3.8, 4) is 11.5 Å². The lowest BCUT2D eigenvalue weighted by atomic mass is 10.2. The lowest BCUT2D eigenvalue weighted by Crippen LogP contribution is -2.25. The normalized spacial score (nSPS) is 15.5. The number of thioether (sulfide) groups is 1. The summed E-state index contributed by atoms with van der Waals surface area (Å²) < 4.78 is 26.9. The molecule has 1 aliphatic rings. The van der Waals surface area contributed by atoms with Crippen molar-refractivity contribution in [1.82, 2.24) is 14.8 Å². The third-order valence-electron chi connectivity index (χ3n) is 4.13. The van der Waals surface area contributed by atoms with Gasteiger partial charge in [0.1, 0.15) is 12.4 Å². The van der Waals surface area contributed by atoms with Gasteiger partial charge in [-0.25, -0.2) is 4.39 Å². The van der Waals surface area contributed by atoms with Gasteiger partial charge in [-0.3, -0.25) is 4.57 Å². The van der Waals surface area contributed by atoms with Gasteiger partial charge < -0.3 is 9.47 Å². The molecule has 1 aliphatic heterocycles. The van der Waals surface area contributed by atoms with Crippen molar-refractivity contribution in [2.24, 2.45) is 0 Å². The Morgan fingerprint density at radius 1 is 1.15 bits per heavy atom. The van der Waals surface area contributed by atoms with E-state index in [1.54, 1.807) is 18.2 Å². The maximum atomic E-state index is 13.1. The van der Waals surface area contributed by atoms with E-state index in [1.807, 2.05) is 28.8 Å². The van der Waals surface area contributed by atoms with Crippen molar-refractivity contribution in [2.45, 2.75) is 23.6 Å². The monoisotopic (exact) mass is 383 g/mol. The second-order valence-corrected chi connectivity index (χ2v) is 6.96. The molecule has 0 spiro atoms. The fraction of sp³-hybridized carbons (Fsp3) is 0.200. The minimum absolute atomic E-state index is 0.240. The summed E-state index contributed by atoms with van der Waals surface area (Å²) in [5.74, 6) is 2.55. The second-order valence-electron chi connectivity index (χ2n) is 6.02.